The smallest absolute Gasteiger partial charge is 0.222 e. The van der Waals surface area contributed by atoms with Crippen molar-refractivity contribution in [1.29, 1.82) is 0 Å². The monoisotopic (exact) mass is 314 g/mol. The third kappa shape index (κ3) is 4.93. The summed E-state index contributed by atoms with van der Waals surface area (Å²) in [6, 6.07) is 7.94. The minimum absolute atomic E-state index is 0.0488. The van der Waals surface area contributed by atoms with Crippen LogP contribution in [0.3, 0.4) is 0 Å². The number of aliphatic hydroxyl groups excluding tert-OH is 1. The number of aliphatic hydroxyl groups is 1. The van der Waals surface area contributed by atoms with Crippen molar-refractivity contribution < 1.29 is 5.11 Å². The molecule has 0 unspecified atom stereocenters. The van der Waals surface area contributed by atoms with Crippen LogP contribution in [0.1, 0.15) is 48.6 Å². The molecule has 0 aliphatic heterocycles. The van der Waals surface area contributed by atoms with Crippen LogP contribution in [0.5, 0.6) is 0 Å². The maximum absolute atomic E-state index is 9.29. The van der Waals surface area contributed by atoms with Gasteiger partial charge in [0.25, 0.3) is 0 Å². The van der Waals surface area contributed by atoms with E-state index in [4.69, 9.17) is 5.73 Å². The molecule has 1 aromatic carbocycles. The Hall–Kier alpha value is -2.14. The molecule has 1 aromatic heterocycles. The van der Waals surface area contributed by atoms with Crippen molar-refractivity contribution in [1.82, 2.24) is 9.97 Å². The largest absolute Gasteiger partial charge is 0.392 e. The molecule has 4 N–H and O–H groups in total. The summed E-state index contributed by atoms with van der Waals surface area (Å²) in [6.07, 6.45) is 4.21. The van der Waals surface area contributed by atoms with E-state index in [9.17, 15) is 5.11 Å². The number of nitrogens with one attached hydrogen (secondary N) is 1. The van der Waals surface area contributed by atoms with Gasteiger partial charge in [-0.05, 0) is 24.5 Å². The zero-order valence-corrected chi connectivity index (χ0v) is 14.0. The van der Waals surface area contributed by atoms with Crippen molar-refractivity contribution in [2.75, 3.05) is 17.6 Å². The van der Waals surface area contributed by atoms with E-state index in [1.54, 1.807) is 0 Å². The molecular formula is C18H26N4O. The van der Waals surface area contributed by atoms with E-state index < -0.39 is 0 Å². The normalized spacial score (nSPS) is 10.7. The summed E-state index contributed by atoms with van der Waals surface area (Å²) in [7, 11) is 0. The number of anilines is 2. The highest BCUT2D eigenvalue weighted by Crippen LogP contribution is 2.22. The van der Waals surface area contributed by atoms with E-state index in [0.717, 1.165) is 47.6 Å². The number of rotatable bonds is 8. The molecule has 0 saturated heterocycles. The molecule has 0 bridgehead atoms. The quantitative estimate of drug-likeness (QED) is 0.652. The summed E-state index contributed by atoms with van der Waals surface area (Å²) < 4.78 is 0. The molecule has 0 aliphatic carbocycles. The predicted octanol–water partition coefficient (Wildman–Crippen LogP) is 3.05. The number of unbranched alkanes of at least 4 members (excludes halogenated alkanes) is 2. The van der Waals surface area contributed by atoms with Gasteiger partial charge in [-0.25, -0.2) is 4.98 Å². The van der Waals surface area contributed by atoms with Crippen molar-refractivity contribution in [2.24, 2.45) is 0 Å². The molecule has 5 nitrogen and oxygen atoms in total. The molecule has 0 amide bonds. The standard InChI is InChI=1S/C18H26N4O/c1-3-4-5-9-20-17-16(13(2)21-18(19)22-17)11-14-7-6-8-15(10-14)12-23/h6-8,10,23H,3-5,9,11-12H2,1-2H3,(H3,19,20,21,22). The highest BCUT2D eigenvalue weighted by Gasteiger charge is 2.11. The van der Waals surface area contributed by atoms with E-state index in [2.05, 4.69) is 28.3 Å². The van der Waals surface area contributed by atoms with Gasteiger partial charge in [0.1, 0.15) is 5.82 Å². The molecule has 124 valence electrons. The third-order valence-electron chi connectivity index (χ3n) is 3.86. The van der Waals surface area contributed by atoms with Gasteiger partial charge in [0, 0.05) is 24.2 Å². The average molecular weight is 314 g/mol. The van der Waals surface area contributed by atoms with Crippen molar-refractivity contribution in [2.45, 2.75) is 46.1 Å². The lowest BCUT2D eigenvalue weighted by Crippen LogP contribution is -2.11. The molecule has 23 heavy (non-hydrogen) atoms. The second-order valence-corrected chi connectivity index (χ2v) is 5.78. The molecule has 0 aliphatic rings. The number of aryl methyl sites for hydroxylation is 1. The first-order chi connectivity index (χ1) is 11.1. The van der Waals surface area contributed by atoms with Gasteiger partial charge < -0.3 is 16.2 Å². The average Bonchev–Trinajstić information content (AvgIpc) is 2.54. The summed E-state index contributed by atoms with van der Waals surface area (Å²) in [4.78, 5) is 8.67. The third-order valence-corrected chi connectivity index (χ3v) is 3.86. The van der Waals surface area contributed by atoms with Crippen LogP contribution in [-0.2, 0) is 13.0 Å². The summed E-state index contributed by atoms with van der Waals surface area (Å²) in [5.74, 6) is 1.12. The van der Waals surface area contributed by atoms with Gasteiger partial charge in [-0.3, -0.25) is 0 Å². The fourth-order valence-electron chi connectivity index (χ4n) is 2.60. The zero-order chi connectivity index (χ0) is 16.7. The van der Waals surface area contributed by atoms with Gasteiger partial charge in [-0.1, -0.05) is 44.0 Å². The van der Waals surface area contributed by atoms with Crippen LogP contribution >= 0.6 is 0 Å². The zero-order valence-electron chi connectivity index (χ0n) is 14.0. The van der Waals surface area contributed by atoms with Gasteiger partial charge >= 0.3 is 0 Å². The molecule has 0 saturated carbocycles. The van der Waals surface area contributed by atoms with Crippen LogP contribution in [0.4, 0.5) is 11.8 Å². The molecule has 2 aromatic rings. The summed E-state index contributed by atoms with van der Waals surface area (Å²) >= 11 is 0. The fraction of sp³-hybridized carbons (Fsp3) is 0.444. The number of nitrogens with two attached hydrogens (primary N) is 1. The van der Waals surface area contributed by atoms with Gasteiger partial charge in [0.15, 0.2) is 0 Å². The predicted molar refractivity (Wildman–Crippen MR) is 94.4 cm³/mol. The highest BCUT2D eigenvalue weighted by molar-refractivity contribution is 5.51. The van der Waals surface area contributed by atoms with Crippen LogP contribution in [0.15, 0.2) is 24.3 Å². The van der Waals surface area contributed by atoms with Crippen molar-refractivity contribution in [3.63, 3.8) is 0 Å². The molecule has 5 heteroatoms. The van der Waals surface area contributed by atoms with Crippen molar-refractivity contribution >= 4 is 11.8 Å². The molecule has 1 heterocycles. The maximum atomic E-state index is 9.29. The van der Waals surface area contributed by atoms with E-state index in [1.807, 2.05) is 25.1 Å². The van der Waals surface area contributed by atoms with Crippen LogP contribution in [0.2, 0.25) is 0 Å². The SMILES string of the molecule is CCCCCNc1nc(N)nc(C)c1Cc1cccc(CO)c1. The lowest BCUT2D eigenvalue weighted by molar-refractivity contribution is 0.281. The van der Waals surface area contributed by atoms with Gasteiger partial charge in [0.05, 0.1) is 6.61 Å². The number of aromatic nitrogens is 2. The van der Waals surface area contributed by atoms with Crippen LogP contribution < -0.4 is 11.1 Å². The van der Waals surface area contributed by atoms with E-state index in [0.29, 0.717) is 5.95 Å². The molecule has 0 radical (unpaired) electrons. The van der Waals surface area contributed by atoms with Crippen LogP contribution in [-0.4, -0.2) is 21.6 Å². The number of hydrogen-bond acceptors (Lipinski definition) is 5. The highest BCUT2D eigenvalue weighted by atomic mass is 16.3. The number of benzene rings is 1. The number of nitrogens with zero attached hydrogens (tertiary/aromatic N) is 2. The Kier molecular flexibility index (Phi) is 6.35. The lowest BCUT2D eigenvalue weighted by atomic mass is 10.0. The Labute approximate surface area is 138 Å². The van der Waals surface area contributed by atoms with Gasteiger partial charge in [-0.2, -0.15) is 4.98 Å². The summed E-state index contributed by atoms with van der Waals surface area (Å²) in [5.41, 5.74) is 9.80. The topological polar surface area (TPSA) is 84.1 Å². The Morgan fingerprint density at radius 1 is 1.17 bits per heavy atom. The molecule has 0 atom stereocenters. The second-order valence-electron chi connectivity index (χ2n) is 5.78. The van der Waals surface area contributed by atoms with Crippen molar-refractivity contribution in [3.8, 4) is 0 Å². The Morgan fingerprint density at radius 3 is 2.70 bits per heavy atom. The van der Waals surface area contributed by atoms with Crippen molar-refractivity contribution in [3.05, 3.63) is 46.6 Å². The number of hydrogen-bond donors (Lipinski definition) is 3. The van der Waals surface area contributed by atoms with Crippen LogP contribution in [0.25, 0.3) is 0 Å². The maximum Gasteiger partial charge on any atom is 0.222 e. The minimum Gasteiger partial charge on any atom is -0.392 e. The minimum atomic E-state index is 0.0488. The Morgan fingerprint density at radius 2 is 1.96 bits per heavy atom. The molecule has 2 rings (SSSR count). The van der Waals surface area contributed by atoms with Gasteiger partial charge in [-0.15, -0.1) is 0 Å². The molecule has 0 spiro atoms. The Balaban J connectivity index is 2.21. The molecular weight excluding hydrogens is 288 g/mol. The fourth-order valence-corrected chi connectivity index (χ4v) is 2.60. The first-order valence-corrected chi connectivity index (χ1v) is 8.19. The lowest BCUT2D eigenvalue weighted by Gasteiger charge is -2.14. The summed E-state index contributed by atoms with van der Waals surface area (Å²) in [5, 5.41) is 12.7. The molecule has 0 fully saturated rings. The second kappa shape index (κ2) is 8.48. The van der Waals surface area contributed by atoms with E-state index >= 15 is 0 Å². The van der Waals surface area contributed by atoms with E-state index in [1.165, 1.54) is 12.8 Å². The summed E-state index contributed by atoms with van der Waals surface area (Å²) in [6.45, 7) is 5.08. The first kappa shape index (κ1) is 17.2. The van der Waals surface area contributed by atoms with E-state index in [-0.39, 0.29) is 6.61 Å². The number of nitrogen functional groups attached to an aromatic ring is 1. The first-order valence-electron chi connectivity index (χ1n) is 8.19. The van der Waals surface area contributed by atoms with Gasteiger partial charge in [0.2, 0.25) is 5.95 Å². The Bertz CT molecular complexity index is 643. The van der Waals surface area contributed by atoms with Crippen LogP contribution in [0, 0.1) is 6.92 Å².